The lowest BCUT2D eigenvalue weighted by Crippen LogP contribution is -2.25. The van der Waals surface area contributed by atoms with Gasteiger partial charge in [-0.3, -0.25) is 11.3 Å². The van der Waals surface area contributed by atoms with E-state index in [0.29, 0.717) is 0 Å². The summed E-state index contributed by atoms with van der Waals surface area (Å²) in [5, 5.41) is 0. The van der Waals surface area contributed by atoms with E-state index in [4.69, 9.17) is 10.6 Å². The molecule has 3 heteroatoms. The zero-order valence-corrected chi connectivity index (χ0v) is 8.95. The zero-order valence-electron chi connectivity index (χ0n) is 8.95. The van der Waals surface area contributed by atoms with Crippen molar-refractivity contribution >= 4 is 0 Å². The summed E-state index contributed by atoms with van der Waals surface area (Å²) in [4.78, 5) is 0. The molecule has 3 nitrogen and oxygen atoms in total. The molecule has 0 aliphatic carbocycles. The molecule has 0 heterocycles. The molecule has 0 aliphatic rings. The summed E-state index contributed by atoms with van der Waals surface area (Å²) in [7, 11) is 0. The Morgan fingerprint density at radius 2 is 2.00 bits per heavy atom. The molecule has 1 unspecified atom stereocenters. The molecule has 0 saturated heterocycles. The molecule has 0 fully saturated rings. The van der Waals surface area contributed by atoms with Crippen LogP contribution in [0.15, 0.2) is 24.3 Å². The van der Waals surface area contributed by atoms with Crippen molar-refractivity contribution in [1.82, 2.24) is 5.43 Å². The average Bonchev–Trinajstić information content (AvgIpc) is 2.16. The Morgan fingerprint density at radius 1 is 1.29 bits per heavy atom. The first-order chi connectivity index (χ1) is 6.63. The summed E-state index contributed by atoms with van der Waals surface area (Å²) in [6.45, 7) is 6.03. The van der Waals surface area contributed by atoms with E-state index in [2.05, 4.69) is 5.43 Å². The second-order valence-corrected chi connectivity index (χ2v) is 3.63. The minimum Gasteiger partial charge on any atom is -0.491 e. The monoisotopic (exact) mass is 194 g/mol. The van der Waals surface area contributed by atoms with Crippen LogP contribution in [-0.2, 0) is 0 Å². The summed E-state index contributed by atoms with van der Waals surface area (Å²) >= 11 is 0. The predicted molar refractivity (Wildman–Crippen MR) is 57.9 cm³/mol. The van der Waals surface area contributed by atoms with Gasteiger partial charge in [-0.25, -0.2) is 0 Å². The Labute approximate surface area is 85.2 Å². The van der Waals surface area contributed by atoms with Gasteiger partial charge in [0, 0.05) is 6.04 Å². The van der Waals surface area contributed by atoms with Crippen LogP contribution < -0.4 is 16.0 Å². The molecule has 0 radical (unpaired) electrons. The molecule has 0 saturated carbocycles. The van der Waals surface area contributed by atoms with Crippen LogP contribution in [0.2, 0.25) is 0 Å². The predicted octanol–water partition coefficient (Wildman–Crippen LogP) is 2.00. The van der Waals surface area contributed by atoms with Crippen molar-refractivity contribution in [3.05, 3.63) is 29.8 Å². The van der Waals surface area contributed by atoms with Gasteiger partial charge < -0.3 is 4.74 Å². The Kier molecular flexibility index (Phi) is 3.92. The molecule has 0 bridgehead atoms. The third-order valence-electron chi connectivity index (χ3n) is 1.98. The fourth-order valence-electron chi connectivity index (χ4n) is 1.23. The highest BCUT2D eigenvalue weighted by Crippen LogP contribution is 2.19. The van der Waals surface area contributed by atoms with Crippen LogP contribution in [0.5, 0.6) is 5.75 Å². The lowest BCUT2D eigenvalue weighted by Gasteiger charge is -2.14. The van der Waals surface area contributed by atoms with Crippen molar-refractivity contribution in [2.75, 3.05) is 0 Å². The number of nitrogens with one attached hydrogen (secondary N) is 1. The van der Waals surface area contributed by atoms with Gasteiger partial charge in [0.15, 0.2) is 0 Å². The molecule has 1 atom stereocenters. The maximum absolute atomic E-state index is 5.58. The van der Waals surface area contributed by atoms with Crippen molar-refractivity contribution in [3.8, 4) is 5.75 Å². The number of nitrogens with two attached hydrogens (primary N) is 1. The fourth-order valence-corrected chi connectivity index (χ4v) is 1.23. The van der Waals surface area contributed by atoms with Crippen LogP contribution in [0.3, 0.4) is 0 Å². The lowest BCUT2D eigenvalue weighted by atomic mass is 10.1. The molecule has 0 aliphatic heterocycles. The standard InChI is InChI=1S/C11H18N2O/c1-8(2)14-11-6-4-5-10(7-11)9(3)13-12/h4-9,13H,12H2,1-3H3. The maximum atomic E-state index is 5.58. The van der Waals surface area contributed by atoms with Crippen LogP contribution in [0.1, 0.15) is 32.4 Å². The topological polar surface area (TPSA) is 47.3 Å². The number of benzene rings is 1. The van der Waals surface area contributed by atoms with Gasteiger partial charge in [0.2, 0.25) is 0 Å². The minimum absolute atomic E-state index is 0.144. The zero-order chi connectivity index (χ0) is 10.6. The molecule has 0 amide bonds. The van der Waals surface area contributed by atoms with E-state index in [1.54, 1.807) is 0 Å². The van der Waals surface area contributed by atoms with E-state index in [-0.39, 0.29) is 12.1 Å². The molecular formula is C11H18N2O. The molecule has 78 valence electrons. The van der Waals surface area contributed by atoms with Gasteiger partial charge in [-0.15, -0.1) is 0 Å². The summed E-state index contributed by atoms with van der Waals surface area (Å²) in [6, 6.07) is 8.10. The summed E-state index contributed by atoms with van der Waals surface area (Å²) in [5.74, 6) is 6.25. The number of rotatable bonds is 4. The van der Waals surface area contributed by atoms with Crippen molar-refractivity contribution in [3.63, 3.8) is 0 Å². The van der Waals surface area contributed by atoms with E-state index in [1.807, 2.05) is 45.0 Å². The largest absolute Gasteiger partial charge is 0.491 e. The van der Waals surface area contributed by atoms with Gasteiger partial charge in [-0.05, 0) is 38.5 Å². The first-order valence-electron chi connectivity index (χ1n) is 4.86. The van der Waals surface area contributed by atoms with Crippen LogP contribution in [0, 0.1) is 0 Å². The second kappa shape index (κ2) is 4.98. The minimum atomic E-state index is 0.144. The third-order valence-corrected chi connectivity index (χ3v) is 1.98. The summed E-state index contributed by atoms with van der Waals surface area (Å²) in [5.41, 5.74) is 3.84. The molecule has 3 N–H and O–H groups in total. The van der Waals surface area contributed by atoms with Crippen LogP contribution in [0.25, 0.3) is 0 Å². The lowest BCUT2D eigenvalue weighted by molar-refractivity contribution is 0.242. The van der Waals surface area contributed by atoms with Crippen molar-refractivity contribution in [2.24, 2.45) is 5.84 Å². The number of hydrazine groups is 1. The molecule has 0 spiro atoms. The molecule has 0 aromatic heterocycles. The quantitative estimate of drug-likeness (QED) is 0.569. The number of ether oxygens (including phenoxy) is 1. The van der Waals surface area contributed by atoms with E-state index >= 15 is 0 Å². The van der Waals surface area contributed by atoms with Crippen molar-refractivity contribution < 1.29 is 4.74 Å². The van der Waals surface area contributed by atoms with Crippen LogP contribution in [-0.4, -0.2) is 6.10 Å². The Morgan fingerprint density at radius 3 is 2.57 bits per heavy atom. The van der Waals surface area contributed by atoms with Gasteiger partial charge in [0.25, 0.3) is 0 Å². The smallest absolute Gasteiger partial charge is 0.120 e. The summed E-state index contributed by atoms with van der Waals surface area (Å²) in [6.07, 6.45) is 0.200. The van der Waals surface area contributed by atoms with Crippen molar-refractivity contribution in [2.45, 2.75) is 32.9 Å². The Balaban J connectivity index is 2.78. The van der Waals surface area contributed by atoms with E-state index < -0.39 is 0 Å². The molecular weight excluding hydrogens is 176 g/mol. The highest BCUT2D eigenvalue weighted by atomic mass is 16.5. The Bertz CT molecular complexity index is 286. The van der Waals surface area contributed by atoms with Crippen molar-refractivity contribution in [1.29, 1.82) is 0 Å². The van der Waals surface area contributed by atoms with E-state index in [9.17, 15) is 0 Å². The molecule has 14 heavy (non-hydrogen) atoms. The fraction of sp³-hybridized carbons (Fsp3) is 0.455. The van der Waals surface area contributed by atoms with Gasteiger partial charge in [-0.1, -0.05) is 12.1 Å². The number of hydrogen-bond acceptors (Lipinski definition) is 3. The second-order valence-electron chi connectivity index (χ2n) is 3.63. The molecule has 1 rings (SSSR count). The maximum Gasteiger partial charge on any atom is 0.120 e. The molecule has 1 aromatic carbocycles. The summed E-state index contributed by atoms with van der Waals surface area (Å²) < 4.78 is 5.58. The van der Waals surface area contributed by atoms with E-state index in [0.717, 1.165) is 11.3 Å². The van der Waals surface area contributed by atoms with Gasteiger partial charge in [-0.2, -0.15) is 0 Å². The first-order valence-corrected chi connectivity index (χ1v) is 4.86. The van der Waals surface area contributed by atoms with E-state index in [1.165, 1.54) is 0 Å². The number of hydrogen-bond donors (Lipinski definition) is 2. The SMILES string of the molecule is CC(C)Oc1cccc(C(C)NN)c1. The van der Waals surface area contributed by atoms with Crippen LogP contribution in [0.4, 0.5) is 0 Å². The van der Waals surface area contributed by atoms with Gasteiger partial charge in [0.1, 0.15) is 5.75 Å². The highest BCUT2D eigenvalue weighted by molar-refractivity contribution is 5.30. The first kappa shape index (κ1) is 11.0. The normalized spacial score (nSPS) is 12.9. The van der Waals surface area contributed by atoms with Gasteiger partial charge in [0.05, 0.1) is 6.10 Å². The third kappa shape index (κ3) is 3.01. The van der Waals surface area contributed by atoms with Gasteiger partial charge >= 0.3 is 0 Å². The molecule has 1 aromatic rings. The highest BCUT2D eigenvalue weighted by Gasteiger charge is 2.04. The van der Waals surface area contributed by atoms with Crippen LogP contribution >= 0.6 is 0 Å². The Hall–Kier alpha value is -1.06. The average molecular weight is 194 g/mol.